The Balaban J connectivity index is 1.23. The lowest BCUT2D eigenvalue weighted by Crippen LogP contribution is -1.97. The van der Waals surface area contributed by atoms with E-state index in [1.165, 1.54) is 49.3 Å². The molecule has 0 fully saturated rings. The van der Waals surface area contributed by atoms with Gasteiger partial charge in [-0.05, 0) is 76.9 Å². The molecule has 0 radical (unpaired) electrons. The second-order valence-electron chi connectivity index (χ2n) is 13.3. The fourth-order valence-corrected chi connectivity index (χ4v) is 8.33. The van der Waals surface area contributed by atoms with E-state index in [0.29, 0.717) is 0 Å². The van der Waals surface area contributed by atoms with E-state index in [-0.39, 0.29) is 0 Å². The van der Waals surface area contributed by atoms with E-state index in [4.69, 9.17) is 4.42 Å². The summed E-state index contributed by atoms with van der Waals surface area (Å²) in [5.41, 5.74) is 13.4. The number of nitrogens with zero attached hydrogens (tertiary/aromatic N) is 2. The molecule has 0 saturated carbocycles. The van der Waals surface area contributed by atoms with Crippen molar-refractivity contribution in [2.24, 2.45) is 0 Å². The van der Waals surface area contributed by atoms with Crippen LogP contribution < -0.4 is 0 Å². The van der Waals surface area contributed by atoms with Gasteiger partial charge in [-0.2, -0.15) is 0 Å². The van der Waals surface area contributed by atoms with Gasteiger partial charge in [0.05, 0.1) is 33.1 Å². The number of rotatable bonds is 4. The fraction of sp³-hybridized carbons (Fsp3) is 0. The van der Waals surface area contributed by atoms with Crippen LogP contribution in [-0.4, -0.2) is 9.13 Å². The van der Waals surface area contributed by atoms with Crippen molar-refractivity contribution >= 4 is 65.6 Å². The van der Waals surface area contributed by atoms with Gasteiger partial charge < -0.3 is 13.6 Å². The molecule has 0 aliphatic carbocycles. The molecule has 3 heteroatoms. The van der Waals surface area contributed by atoms with Crippen molar-refractivity contribution in [3.05, 3.63) is 182 Å². The first kappa shape index (κ1) is 28.0. The Kier molecular flexibility index (Phi) is 5.96. The SMILES string of the molecule is c1ccc(-c2ccccc2-c2cc(-n3c4ccccc4c4cc(-n5c6ccccc6c6ccccc65)ccc43)c3c(c2)oc2ccccc23)cc1. The maximum Gasteiger partial charge on any atom is 0.138 e. The predicted molar refractivity (Wildman–Crippen MR) is 213 cm³/mol. The van der Waals surface area contributed by atoms with Gasteiger partial charge in [0.15, 0.2) is 0 Å². The van der Waals surface area contributed by atoms with Crippen molar-refractivity contribution in [3.8, 4) is 33.6 Å². The second kappa shape index (κ2) is 10.8. The monoisotopic (exact) mass is 650 g/mol. The van der Waals surface area contributed by atoms with Crippen LogP contribution in [0.3, 0.4) is 0 Å². The Hall–Kier alpha value is -6.84. The zero-order chi connectivity index (χ0) is 33.5. The first-order chi connectivity index (χ1) is 25.3. The van der Waals surface area contributed by atoms with Gasteiger partial charge in [-0.1, -0.05) is 127 Å². The summed E-state index contributed by atoms with van der Waals surface area (Å²) in [5.74, 6) is 0. The van der Waals surface area contributed by atoms with E-state index in [0.717, 1.165) is 49.9 Å². The Morgan fingerprint density at radius 2 is 0.863 bits per heavy atom. The molecule has 0 saturated heterocycles. The first-order valence-corrected chi connectivity index (χ1v) is 17.4. The topological polar surface area (TPSA) is 23.0 Å². The molecule has 0 amide bonds. The minimum absolute atomic E-state index is 0.874. The van der Waals surface area contributed by atoms with E-state index in [2.05, 4.69) is 185 Å². The molecule has 51 heavy (non-hydrogen) atoms. The van der Waals surface area contributed by atoms with Crippen LogP contribution in [0, 0.1) is 0 Å². The van der Waals surface area contributed by atoms with Gasteiger partial charge in [0, 0.05) is 32.6 Å². The molecule has 0 atom stereocenters. The molecule has 3 aromatic heterocycles. The summed E-state index contributed by atoms with van der Waals surface area (Å²) in [6.45, 7) is 0. The molecule has 0 unspecified atom stereocenters. The van der Waals surface area contributed by atoms with Gasteiger partial charge in [-0.3, -0.25) is 0 Å². The number of fused-ring (bicyclic) bond motifs is 9. The Labute approximate surface area is 293 Å². The third kappa shape index (κ3) is 4.12. The Bertz CT molecular complexity index is 3090. The third-order valence-electron chi connectivity index (χ3n) is 10.5. The lowest BCUT2D eigenvalue weighted by molar-refractivity contribution is 0.669. The van der Waals surface area contributed by atoms with E-state index in [1.54, 1.807) is 0 Å². The highest BCUT2D eigenvalue weighted by Gasteiger charge is 2.21. The van der Waals surface area contributed by atoms with Crippen molar-refractivity contribution < 1.29 is 4.42 Å². The minimum Gasteiger partial charge on any atom is -0.456 e. The highest BCUT2D eigenvalue weighted by Crippen LogP contribution is 2.43. The summed E-state index contributed by atoms with van der Waals surface area (Å²) < 4.78 is 11.5. The van der Waals surface area contributed by atoms with Gasteiger partial charge in [-0.15, -0.1) is 0 Å². The molecule has 0 N–H and O–H groups in total. The smallest absolute Gasteiger partial charge is 0.138 e. The molecular weight excluding hydrogens is 621 g/mol. The number of benzene rings is 8. The lowest BCUT2D eigenvalue weighted by atomic mass is 9.93. The number of furan rings is 1. The zero-order valence-electron chi connectivity index (χ0n) is 27.6. The minimum atomic E-state index is 0.874. The normalized spacial score (nSPS) is 11.9. The fourth-order valence-electron chi connectivity index (χ4n) is 8.33. The zero-order valence-corrected chi connectivity index (χ0v) is 27.6. The number of para-hydroxylation sites is 4. The first-order valence-electron chi connectivity index (χ1n) is 17.4. The molecular formula is C48H30N2O. The largest absolute Gasteiger partial charge is 0.456 e. The average Bonchev–Trinajstić information content (AvgIpc) is 3.85. The summed E-state index contributed by atoms with van der Waals surface area (Å²) in [7, 11) is 0. The highest BCUT2D eigenvalue weighted by atomic mass is 16.3. The number of hydrogen-bond acceptors (Lipinski definition) is 1. The quantitative estimate of drug-likeness (QED) is 0.186. The van der Waals surface area contributed by atoms with Gasteiger partial charge in [0.2, 0.25) is 0 Å². The molecule has 8 aromatic carbocycles. The van der Waals surface area contributed by atoms with Crippen LogP contribution in [0.1, 0.15) is 0 Å². The van der Waals surface area contributed by atoms with Crippen LogP contribution in [0.5, 0.6) is 0 Å². The third-order valence-corrected chi connectivity index (χ3v) is 10.5. The van der Waals surface area contributed by atoms with E-state index >= 15 is 0 Å². The van der Waals surface area contributed by atoms with Crippen molar-refractivity contribution in [3.63, 3.8) is 0 Å². The Morgan fingerprint density at radius 3 is 1.57 bits per heavy atom. The summed E-state index contributed by atoms with van der Waals surface area (Å²) in [4.78, 5) is 0. The average molecular weight is 651 g/mol. The van der Waals surface area contributed by atoms with Gasteiger partial charge >= 0.3 is 0 Å². The second-order valence-corrected chi connectivity index (χ2v) is 13.3. The van der Waals surface area contributed by atoms with Crippen LogP contribution in [0.25, 0.3) is 99.2 Å². The summed E-state index contributed by atoms with van der Waals surface area (Å²) in [5, 5.41) is 7.17. The van der Waals surface area contributed by atoms with Crippen LogP contribution in [-0.2, 0) is 0 Å². The standard InChI is InChI=1S/C48H30N2O/c1-2-14-31(15-3-1)34-16-4-5-17-35(34)32-28-45(48-39-21-9-13-25-46(39)51-47(48)29-32)50-43-24-12-8-20-38(43)40-30-33(26-27-44(40)50)49-41-22-10-6-18-36(41)37-19-7-11-23-42(37)49/h1-30H. The maximum absolute atomic E-state index is 6.66. The number of aromatic nitrogens is 2. The van der Waals surface area contributed by atoms with Gasteiger partial charge in [-0.25, -0.2) is 0 Å². The van der Waals surface area contributed by atoms with Crippen molar-refractivity contribution in [1.82, 2.24) is 9.13 Å². The van der Waals surface area contributed by atoms with Gasteiger partial charge in [0.1, 0.15) is 11.2 Å². The maximum atomic E-state index is 6.66. The molecule has 3 nitrogen and oxygen atoms in total. The van der Waals surface area contributed by atoms with Crippen LogP contribution in [0.15, 0.2) is 186 Å². The number of hydrogen-bond donors (Lipinski definition) is 0. The molecule has 3 heterocycles. The predicted octanol–water partition coefficient (Wildman–Crippen LogP) is 13.1. The lowest BCUT2D eigenvalue weighted by Gasteiger charge is -2.15. The molecule has 11 rings (SSSR count). The van der Waals surface area contributed by atoms with E-state index in [9.17, 15) is 0 Å². The summed E-state index contributed by atoms with van der Waals surface area (Å²) in [6, 6.07) is 65.4. The summed E-state index contributed by atoms with van der Waals surface area (Å²) in [6.07, 6.45) is 0. The van der Waals surface area contributed by atoms with Crippen molar-refractivity contribution in [2.75, 3.05) is 0 Å². The Morgan fingerprint density at radius 1 is 0.333 bits per heavy atom. The molecule has 0 spiro atoms. The molecule has 0 aliphatic rings. The van der Waals surface area contributed by atoms with E-state index in [1.807, 2.05) is 6.07 Å². The molecule has 0 bridgehead atoms. The van der Waals surface area contributed by atoms with Gasteiger partial charge in [0.25, 0.3) is 0 Å². The molecule has 11 aromatic rings. The molecule has 0 aliphatic heterocycles. The summed E-state index contributed by atoms with van der Waals surface area (Å²) >= 11 is 0. The van der Waals surface area contributed by atoms with Crippen LogP contribution >= 0.6 is 0 Å². The van der Waals surface area contributed by atoms with E-state index < -0.39 is 0 Å². The van der Waals surface area contributed by atoms with Crippen molar-refractivity contribution in [2.45, 2.75) is 0 Å². The van der Waals surface area contributed by atoms with Crippen LogP contribution in [0.4, 0.5) is 0 Å². The highest BCUT2D eigenvalue weighted by molar-refractivity contribution is 6.16. The van der Waals surface area contributed by atoms with Crippen LogP contribution in [0.2, 0.25) is 0 Å². The molecule has 238 valence electrons. The van der Waals surface area contributed by atoms with Crippen molar-refractivity contribution in [1.29, 1.82) is 0 Å².